The predicted octanol–water partition coefficient (Wildman–Crippen LogP) is 5.51. The number of hydrogen-bond donors (Lipinski definition) is 3. The molecule has 0 heterocycles. The second-order valence-corrected chi connectivity index (χ2v) is 15.0. The van der Waals surface area contributed by atoms with Crippen LogP contribution in [0.2, 0.25) is 0 Å². The molecular weight excluding hydrogens is 464 g/mol. The molecule has 5 aliphatic rings. The third-order valence-electron chi connectivity index (χ3n) is 14.0. The number of carbonyl (C=O) groups is 1. The molecule has 0 aromatic rings. The van der Waals surface area contributed by atoms with E-state index in [0.717, 1.165) is 56.9 Å². The number of fused-ring (bicyclic) bond motifs is 7. The van der Waals surface area contributed by atoms with E-state index in [2.05, 4.69) is 34.3 Å². The van der Waals surface area contributed by atoms with Crippen LogP contribution in [0.5, 0.6) is 0 Å². The highest BCUT2D eigenvalue weighted by Gasteiger charge is 2.71. The van der Waals surface area contributed by atoms with Crippen molar-refractivity contribution in [3.05, 3.63) is 12.2 Å². The molecular formula is C32H52O5. The fourth-order valence-electron chi connectivity index (χ4n) is 11.8. The van der Waals surface area contributed by atoms with Crippen LogP contribution >= 0.6 is 0 Å². The van der Waals surface area contributed by atoms with E-state index in [1.54, 1.807) is 0 Å². The molecule has 5 fully saturated rings. The first-order valence-corrected chi connectivity index (χ1v) is 15.0. The number of aliphatic hydroxyl groups is 3. The smallest absolute Gasteiger partial charge is 0.302 e. The highest BCUT2D eigenvalue weighted by Crippen LogP contribution is 2.77. The number of hydrogen-bond acceptors (Lipinski definition) is 5. The SMILES string of the molecule is C=C(CO)[C@@H]1CC[C@]2(COC(C)=O)CC[C@]3(C)[C@H](CC[C@@H]4[C@@]5(C)CC[C@H](O)C(C)(CO)[C@@H]5CC[C@]43C)[C@@H]12. The molecule has 3 N–H and O–H groups in total. The van der Waals surface area contributed by atoms with Gasteiger partial charge >= 0.3 is 5.97 Å². The lowest BCUT2D eigenvalue weighted by Crippen LogP contribution is -2.67. The molecule has 5 heteroatoms. The van der Waals surface area contributed by atoms with Crippen molar-refractivity contribution in [2.45, 2.75) is 105 Å². The Hall–Kier alpha value is -0.910. The summed E-state index contributed by atoms with van der Waals surface area (Å²) in [6.45, 7) is 16.2. The van der Waals surface area contributed by atoms with Crippen LogP contribution in [0.1, 0.15) is 98.8 Å². The van der Waals surface area contributed by atoms with Crippen molar-refractivity contribution in [1.82, 2.24) is 0 Å². The van der Waals surface area contributed by atoms with E-state index in [0.29, 0.717) is 36.2 Å². The molecule has 0 saturated heterocycles. The summed E-state index contributed by atoms with van der Waals surface area (Å²) in [4.78, 5) is 11.9. The number of rotatable bonds is 5. The molecule has 0 spiro atoms. The van der Waals surface area contributed by atoms with Crippen molar-refractivity contribution < 1.29 is 24.9 Å². The predicted molar refractivity (Wildman–Crippen MR) is 144 cm³/mol. The molecule has 5 rings (SSSR count). The lowest BCUT2D eigenvalue weighted by atomic mass is 9.32. The zero-order valence-corrected chi connectivity index (χ0v) is 24.0. The summed E-state index contributed by atoms with van der Waals surface area (Å²) >= 11 is 0. The summed E-state index contributed by atoms with van der Waals surface area (Å²) in [5.41, 5.74) is 0.996. The van der Waals surface area contributed by atoms with E-state index in [1.165, 1.54) is 19.8 Å². The van der Waals surface area contributed by atoms with Crippen LogP contribution in [-0.4, -0.2) is 47.2 Å². The minimum Gasteiger partial charge on any atom is -0.465 e. The van der Waals surface area contributed by atoms with Gasteiger partial charge in [-0.1, -0.05) is 34.3 Å². The van der Waals surface area contributed by atoms with Crippen LogP contribution in [0.4, 0.5) is 0 Å². The first kappa shape index (κ1) is 27.6. The summed E-state index contributed by atoms with van der Waals surface area (Å²) in [5, 5.41) is 31.6. The highest BCUT2D eigenvalue weighted by atomic mass is 16.5. The van der Waals surface area contributed by atoms with E-state index >= 15 is 0 Å². The van der Waals surface area contributed by atoms with E-state index in [9.17, 15) is 20.1 Å². The second-order valence-electron chi connectivity index (χ2n) is 15.0. The maximum absolute atomic E-state index is 11.9. The van der Waals surface area contributed by atoms with Crippen molar-refractivity contribution in [3.8, 4) is 0 Å². The molecule has 0 amide bonds. The molecule has 37 heavy (non-hydrogen) atoms. The van der Waals surface area contributed by atoms with E-state index in [4.69, 9.17) is 4.74 Å². The van der Waals surface area contributed by atoms with Crippen molar-refractivity contribution in [3.63, 3.8) is 0 Å². The Kier molecular flexibility index (Phi) is 6.77. The average Bonchev–Trinajstić information content (AvgIpc) is 3.25. The van der Waals surface area contributed by atoms with Gasteiger partial charge in [-0.3, -0.25) is 4.79 Å². The third-order valence-corrected chi connectivity index (χ3v) is 14.0. The highest BCUT2D eigenvalue weighted by molar-refractivity contribution is 5.65. The zero-order chi connectivity index (χ0) is 27.0. The Labute approximate surface area is 224 Å². The number of aliphatic hydroxyl groups excluding tert-OH is 3. The van der Waals surface area contributed by atoms with Gasteiger partial charge < -0.3 is 20.1 Å². The van der Waals surface area contributed by atoms with Crippen LogP contribution in [0.15, 0.2) is 12.2 Å². The number of esters is 1. The van der Waals surface area contributed by atoms with Gasteiger partial charge in [0.05, 0.1) is 25.9 Å². The standard InChI is InChI=1S/C32H52O5/c1-20(17-33)22-9-14-32(19-37-21(2)35)16-15-30(5)23(27(22)32)7-8-25-28(3)12-11-26(36)29(4,18-34)24(28)10-13-31(25,30)6/h22-27,33-34,36H,1,7-19H2,2-6H3/t22-,23+,24+,25+,26-,27+,28-,29?,30+,31+,32+/m0/s1. The molecule has 5 aliphatic carbocycles. The molecule has 5 nitrogen and oxygen atoms in total. The van der Waals surface area contributed by atoms with Gasteiger partial charge in [-0.25, -0.2) is 0 Å². The Bertz CT molecular complexity index is 932. The fraction of sp³-hybridized carbons (Fsp3) is 0.906. The first-order chi connectivity index (χ1) is 17.3. The molecule has 0 aromatic heterocycles. The van der Waals surface area contributed by atoms with Gasteiger partial charge in [0.15, 0.2) is 0 Å². The van der Waals surface area contributed by atoms with Gasteiger partial charge in [0.2, 0.25) is 0 Å². The molecule has 1 unspecified atom stereocenters. The monoisotopic (exact) mass is 516 g/mol. The second kappa shape index (κ2) is 9.06. The summed E-state index contributed by atoms with van der Waals surface area (Å²) in [6.07, 6.45) is 10.3. The Morgan fingerprint density at radius 1 is 0.892 bits per heavy atom. The maximum Gasteiger partial charge on any atom is 0.302 e. The van der Waals surface area contributed by atoms with Crippen LogP contribution in [-0.2, 0) is 9.53 Å². The minimum absolute atomic E-state index is 0.00661. The molecule has 11 atom stereocenters. The number of ether oxygens (including phenoxy) is 1. The van der Waals surface area contributed by atoms with Gasteiger partial charge in [-0.15, -0.1) is 0 Å². The summed E-state index contributed by atoms with van der Waals surface area (Å²) in [5.74, 6) is 1.92. The summed E-state index contributed by atoms with van der Waals surface area (Å²) in [6, 6.07) is 0. The quantitative estimate of drug-likeness (QED) is 0.331. The molecule has 0 aromatic carbocycles. The maximum atomic E-state index is 11.9. The van der Waals surface area contributed by atoms with Crippen LogP contribution in [0.3, 0.4) is 0 Å². The van der Waals surface area contributed by atoms with E-state index in [-0.39, 0.29) is 40.8 Å². The van der Waals surface area contributed by atoms with E-state index < -0.39 is 11.5 Å². The van der Waals surface area contributed by atoms with Gasteiger partial charge in [-0.2, -0.15) is 0 Å². The van der Waals surface area contributed by atoms with Gasteiger partial charge in [0.1, 0.15) is 0 Å². The molecule has 0 bridgehead atoms. The lowest BCUT2D eigenvalue weighted by Gasteiger charge is -2.73. The van der Waals surface area contributed by atoms with Crippen LogP contribution in [0, 0.1) is 56.7 Å². The Morgan fingerprint density at radius 3 is 2.27 bits per heavy atom. The van der Waals surface area contributed by atoms with Gasteiger partial charge in [0, 0.05) is 17.8 Å². The van der Waals surface area contributed by atoms with E-state index in [1.807, 2.05) is 0 Å². The normalized spacial score (nSPS) is 52.9. The Morgan fingerprint density at radius 2 is 1.62 bits per heavy atom. The molecule has 0 radical (unpaired) electrons. The fourth-order valence-corrected chi connectivity index (χ4v) is 11.8. The lowest BCUT2D eigenvalue weighted by molar-refractivity contribution is -0.255. The van der Waals surface area contributed by atoms with Crippen molar-refractivity contribution in [2.75, 3.05) is 19.8 Å². The average molecular weight is 517 g/mol. The first-order valence-electron chi connectivity index (χ1n) is 15.0. The summed E-state index contributed by atoms with van der Waals surface area (Å²) < 4.78 is 5.75. The molecule has 5 saturated carbocycles. The largest absolute Gasteiger partial charge is 0.465 e. The summed E-state index contributed by atoms with van der Waals surface area (Å²) in [7, 11) is 0. The minimum atomic E-state index is -0.424. The van der Waals surface area contributed by atoms with Crippen molar-refractivity contribution in [1.29, 1.82) is 0 Å². The number of carbonyl (C=O) groups excluding carboxylic acids is 1. The van der Waals surface area contributed by atoms with Crippen LogP contribution < -0.4 is 0 Å². The molecule has 0 aliphatic heterocycles. The van der Waals surface area contributed by atoms with Crippen molar-refractivity contribution in [2.24, 2.45) is 56.7 Å². The van der Waals surface area contributed by atoms with Gasteiger partial charge in [0.25, 0.3) is 0 Å². The Balaban J connectivity index is 1.53. The topological polar surface area (TPSA) is 87.0 Å². The van der Waals surface area contributed by atoms with Gasteiger partial charge in [-0.05, 0) is 116 Å². The van der Waals surface area contributed by atoms with Crippen LogP contribution in [0.25, 0.3) is 0 Å². The zero-order valence-electron chi connectivity index (χ0n) is 24.0. The third kappa shape index (κ3) is 3.62. The van der Waals surface area contributed by atoms with Crippen molar-refractivity contribution >= 4 is 5.97 Å². The molecule has 210 valence electrons.